The van der Waals surface area contributed by atoms with E-state index in [1.54, 1.807) is 0 Å². The fraction of sp³-hybridized carbons (Fsp3) is 0.833. The van der Waals surface area contributed by atoms with Crippen LogP contribution >= 0.6 is 0 Å². The zero-order valence-electron chi connectivity index (χ0n) is 11.1. The third kappa shape index (κ3) is 6.26. The van der Waals surface area contributed by atoms with Crippen LogP contribution in [0.2, 0.25) is 0 Å². The maximum Gasteiger partial charge on any atom is 0.326 e. The SMILES string of the molecule is CCC(C)NCC(=O)NC(C(=O)O)C(C)CC. The van der Waals surface area contributed by atoms with Crippen molar-refractivity contribution >= 4 is 11.9 Å². The first-order valence-electron chi connectivity index (χ1n) is 6.17. The average Bonchev–Trinajstić information content (AvgIpc) is 2.31. The molecule has 0 aliphatic rings. The number of hydrogen-bond donors (Lipinski definition) is 3. The Labute approximate surface area is 103 Å². The second-order valence-electron chi connectivity index (χ2n) is 4.46. The summed E-state index contributed by atoms with van der Waals surface area (Å²) in [5.74, 6) is -1.31. The molecular formula is C12H24N2O3. The Kier molecular flexibility index (Phi) is 7.54. The Morgan fingerprint density at radius 2 is 1.76 bits per heavy atom. The van der Waals surface area contributed by atoms with E-state index in [4.69, 9.17) is 5.11 Å². The Balaban J connectivity index is 4.18. The first-order valence-corrected chi connectivity index (χ1v) is 6.17. The molecule has 17 heavy (non-hydrogen) atoms. The van der Waals surface area contributed by atoms with Gasteiger partial charge in [0.15, 0.2) is 0 Å². The number of nitrogens with one attached hydrogen (secondary N) is 2. The minimum atomic E-state index is -0.976. The van der Waals surface area contributed by atoms with Crippen molar-refractivity contribution in [2.75, 3.05) is 6.54 Å². The first-order chi connectivity index (χ1) is 7.92. The van der Waals surface area contributed by atoms with Gasteiger partial charge in [0.2, 0.25) is 5.91 Å². The summed E-state index contributed by atoms with van der Waals surface area (Å²) in [4.78, 5) is 22.6. The van der Waals surface area contributed by atoms with E-state index in [2.05, 4.69) is 10.6 Å². The molecule has 100 valence electrons. The molecular weight excluding hydrogens is 220 g/mol. The van der Waals surface area contributed by atoms with Crippen LogP contribution in [0.4, 0.5) is 0 Å². The highest BCUT2D eigenvalue weighted by Crippen LogP contribution is 2.07. The van der Waals surface area contributed by atoms with E-state index in [0.29, 0.717) is 0 Å². The Morgan fingerprint density at radius 3 is 2.18 bits per heavy atom. The molecule has 0 saturated heterocycles. The largest absolute Gasteiger partial charge is 0.480 e. The molecule has 0 aromatic carbocycles. The van der Waals surface area contributed by atoms with Crippen molar-refractivity contribution in [2.45, 2.75) is 52.6 Å². The van der Waals surface area contributed by atoms with Crippen LogP contribution in [0.5, 0.6) is 0 Å². The van der Waals surface area contributed by atoms with Gasteiger partial charge in [0, 0.05) is 6.04 Å². The second-order valence-corrected chi connectivity index (χ2v) is 4.46. The van der Waals surface area contributed by atoms with Crippen molar-refractivity contribution in [1.82, 2.24) is 10.6 Å². The molecule has 3 N–H and O–H groups in total. The van der Waals surface area contributed by atoms with Crippen LogP contribution < -0.4 is 10.6 Å². The molecule has 0 aromatic rings. The molecule has 0 aliphatic carbocycles. The molecule has 5 heteroatoms. The predicted molar refractivity (Wildman–Crippen MR) is 66.8 cm³/mol. The van der Waals surface area contributed by atoms with E-state index >= 15 is 0 Å². The van der Waals surface area contributed by atoms with Gasteiger partial charge >= 0.3 is 5.97 Å². The van der Waals surface area contributed by atoms with Crippen molar-refractivity contribution in [1.29, 1.82) is 0 Å². The molecule has 3 unspecified atom stereocenters. The lowest BCUT2D eigenvalue weighted by Gasteiger charge is -2.20. The third-order valence-corrected chi connectivity index (χ3v) is 3.02. The summed E-state index contributed by atoms with van der Waals surface area (Å²) in [7, 11) is 0. The van der Waals surface area contributed by atoms with Crippen LogP contribution in [-0.2, 0) is 9.59 Å². The van der Waals surface area contributed by atoms with E-state index in [1.807, 2.05) is 27.7 Å². The molecule has 0 rings (SSSR count). The summed E-state index contributed by atoms with van der Waals surface area (Å²) in [6.45, 7) is 7.89. The molecule has 0 saturated carbocycles. The summed E-state index contributed by atoms with van der Waals surface area (Å²) in [5, 5.41) is 14.6. The number of carbonyl (C=O) groups is 2. The van der Waals surface area contributed by atoms with Gasteiger partial charge in [-0.3, -0.25) is 4.79 Å². The fourth-order valence-corrected chi connectivity index (χ4v) is 1.32. The molecule has 0 radical (unpaired) electrons. The zero-order valence-corrected chi connectivity index (χ0v) is 11.1. The minimum absolute atomic E-state index is 0.0694. The average molecular weight is 244 g/mol. The molecule has 0 aliphatic heterocycles. The van der Waals surface area contributed by atoms with Crippen LogP contribution in [0, 0.1) is 5.92 Å². The number of carboxylic acid groups (broad SMARTS) is 1. The molecule has 0 spiro atoms. The van der Waals surface area contributed by atoms with Crippen LogP contribution in [-0.4, -0.2) is 35.6 Å². The molecule has 0 aromatic heterocycles. The third-order valence-electron chi connectivity index (χ3n) is 3.02. The normalized spacial score (nSPS) is 16.0. The number of carboxylic acids is 1. The van der Waals surface area contributed by atoms with E-state index in [-0.39, 0.29) is 24.4 Å². The van der Waals surface area contributed by atoms with Gasteiger partial charge in [-0.2, -0.15) is 0 Å². The lowest BCUT2D eigenvalue weighted by molar-refractivity contribution is -0.143. The highest BCUT2D eigenvalue weighted by molar-refractivity contribution is 5.84. The highest BCUT2D eigenvalue weighted by atomic mass is 16.4. The van der Waals surface area contributed by atoms with Gasteiger partial charge in [0.25, 0.3) is 0 Å². The van der Waals surface area contributed by atoms with E-state index < -0.39 is 12.0 Å². The lowest BCUT2D eigenvalue weighted by atomic mass is 9.99. The topological polar surface area (TPSA) is 78.4 Å². The van der Waals surface area contributed by atoms with Crippen molar-refractivity contribution in [3.8, 4) is 0 Å². The summed E-state index contributed by atoms with van der Waals surface area (Å²) >= 11 is 0. The van der Waals surface area contributed by atoms with Crippen LogP contribution in [0.1, 0.15) is 40.5 Å². The van der Waals surface area contributed by atoms with Crippen molar-refractivity contribution < 1.29 is 14.7 Å². The molecule has 0 bridgehead atoms. The van der Waals surface area contributed by atoms with Crippen LogP contribution in [0.25, 0.3) is 0 Å². The smallest absolute Gasteiger partial charge is 0.326 e. The van der Waals surface area contributed by atoms with Crippen molar-refractivity contribution in [3.63, 3.8) is 0 Å². The summed E-state index contributed by atoms with van der Waals surface area (Å²) < 4.78 is 0. The Bertz CT molecular complexity index is 256. The van der Waals surface area contributed by atoms with E-state index in [1.165, 1.54) is 0 Å². The fourth-order valence-electron chi connectivity index (χ4n) is 1.32. The molecule has 3 atom stereocenters. The minimum Gasteiger partial charge on any atom is -0.480 e. The van der Waals surface area contributed by atoms with Crippen molar-refractivity contribution in [2.24, 2.45) is 5.92 Å². The van der Waals surface area contributed by atoms with Gasteiger partial charge in [-0.05, 0) is 19.3 Å². The van der Waals surface area contributed by atoms with Gasteiger partial charge in [-0.25, -0.2) is 4.79 Å². The number of hydrogen-bond acceptors (Lipinski definition) is 3. The Hall–Kier alpha value is -1.10. The first kappa shape index (κ1) is 15.9. The second kappa shape index (κ2) is 8.06. The monoisotopic (exact) mass is 244 g/mol. The summed E-state index contributed by atoms with van der Waals surface area (Å²) in [6, 6.07) is -0.543. The highest BCUT2D eigenvalue weighted by Gasteiger charge is 2.24. The molecule has 0 heterocycles. The molecule has 0 fully saturated rings. The summed E-state index contributed by atoms with van der Waals surface area (Å²) in [5.41, 5.74) is 0. The maximum atomic E-state index is 11.6. The van der Waals surface area contributed by atoms with Crippen LogP contribution in [0.3, 0.4) is 0 Å². The number of rotatable bonds is 8. The van der Waals surface area contributed by atoms with E-state index in [9.17, 15) is 9.59 Å². The standard InChI is InChI=1S/C12H24N2O3/c1-5-8(3)11(12(16)17)14-10(15)7-13-9(4)6-2/h8-9,11,13H,5-7H2,1-4H3,(H,14,15)(H,16,17). The van der Waals surface area contributed by atoms with Crippen LogP contribution in [0.15, 0.2) is 0 Å². The predicted octanol–water partition coefficient (Wildman–Crippen LogP) is 0.990. The quantitative estimate of drug-likeness (QED) is 0.595. The molecule has 5 nitrogen and oxygen atoms in total. The van der Waals surface area contributed by atoms with Crippen molar-refractivity contribution in [3.05, 3.63) is 0 Å². The Morgan fingerprint density at radius 1 is 1.18 bits per heavy atom. The van der Waals surface area contributed by atoms with Gasteiger partial charge < -0.3 is 15.7 Å². The maximum absolute atomic E-state index is 11.6. The molecule has 1 amide bonds. The number of aliphatic carboxylic acids is 1. The number of carbonyl (C=O) groups excluding carboxylic acids is 1. The van der Waals surface area contributed by atoms with Gasteiger partial charge in [-0.1, -0.05) is 27.2 Å². The zero-order chi connectivity index (χ0) is 13.4. The lowest BCUT2D eigenvalue weighted by Crippen LogP contribution is -2.48. The van der Waals surface area contributed by atoms with Gasteiger partial charge in [0.1, 0.15) is 6.04 Å². The summed E-state index contributed by atoms with van der Waals surface area (Å²) in [6.07, 6.45) is 1.65. The van der Waals surface area contributed by atoms with Gasteiger partial charge in [0.05, 0.1) is 6.54 Å². The number of amides is 1. The van der Waals surface area contributed by atoms with Gasteiger partial charge in [-0.15, -0.1) is 0 Å². The van der Waals surface area contributed by atoms with E-state index in [0.717, 1.165) is 12.8 Å².